The molecule has 0 bridgehead atoms. The fourth-order valence-electron chi connectivity index (χ4n) is 2.31. The minimum absolute atomic E-state index is 0.127. The molecule has 2 amide bonds. The van der Waals surface area contributed by atoms with Crippen LogP contribution in [0.25, 0.3) is 0 Å². The normalized spacial score (nSPS) is 10.3. The SMILES string of the molecule is O=C(CNC(=O)c1occc1COc1ccccc1)Nc1ccc(Br)cc1. The maximum absolute atomic E-state index is 12.3. The van der Waals surface area contributed by atoms with Gasteiger partial charge in [-0.15, -0.1) is 0 Å². The molecule has 0 aliphatic heterocycles. The van der Waals surface area contributed by atoms with Gasteiger partial charge in [-0.1, -0.05) is 34.1 Å². The molecule has 0 unspecified atom stereocenters. The van der Waals surface area contributed by atoms with Crippen molar-refractivity contribution >= 4 is 33.4 Å². The van der Waals surface area contributed by atoms with Crippen molar-refractivity contribution in [1.82, 2.24) is 5.32 Å². The Morgan fingerprint density at radius 2 is 1.74 bits per heavy atom. The van der Waals surface area contributed by atoms with E-state index in [1.807, 2.05) is 42.5 Å². The van der Waals surface area contributed by atoms with Crippen LogP contribution in [0, 0.1) is 0 Å². The highest BCUT2D eigenvalue weighted by molar-refractivity contribution is 9.10. The van der Waals surface area contributed by atoms with E-state index in [9.17, 15) is 9.59 Å². The van der Waals surface area contributed by atoms with Crippen LogP contribution in [-0.4, -0.2) is 18.4 Å². The first-order chi connectivity index (χ1) is 13.1. The van der Waals surface area contributed by atoms with E-state index in [1.165, 1.54) is 6.26 Å². The van der Waals surface area contributed by atoms with E-state index >= 15 is 0 Å². The number of hydrogen-bond acceptors (Lipinski definition) is 4. The number of benzene rings is 2. The van der Waals surface area contributed by atoms with Gasteiger partial charge in [-0.2, -0.15) is 0 Å². The molecule has 138 valence electrons. The molecular weight excluding hydrogens is 412 g/mol. The van der Waals surface area contributed by atoms with Crippen LogP contribution in [0.5, 0.6) is 5.75 Å². The minimum atomic E-state index is -0.474. The number of furan rings is 1. The lowest BCUT2D eigenvalue weighted by molar-refractivity contribution is -0.115. The second kappa shape index (κ2) is 9.05. The zero-order valence-electron chi connectivity index (χ0n) is 14.3. The molecule has 0 aliphatic carbocycles. The Hall–Kier alpha value is -3.06. The predicted molar refractivity (Wildman–Crippen MR) is 105 cm³/mol. The van der Waals surface area contributed by atoms with Gasteiger partial charge in [-0.05, 0) is 42.5 Å². The van der Waals surface area contributed by atoms with Crippen molar-refractivity contribution < 1.29 is 18.7 Å². The zero-order chi connectivity index (χ0) is 19.1. The van der Waals surface area contributed by atoms with Crippen LogP contribution in [0.2, 0.25) is 0 Å². The number of amides is 2. The molecule has 7 heteroatoms. The van der Waals surface area contributed by atoms with Crippen LogP contribution in [0.1, 0.15) is 16.1 Å². The topological polar surface area (TPSA) is 80.6 Å². The lowest BCUT2D eigenvalue weighted by Crippen LogP contribution is -2.33. The van der Waals surface area contributed by atoms with Crippen LogP contribution < -0.4 is 15.4 Å². The minimum Gasteiger partial charge on any atom is -0.489 e. The largest absolute Gasteiger partial charge is 0.489 e. The Kier molecular flexibility index (Phi) is 6.27. The summed E-state index contributed by atoms with van der Waals surface area (Å²) in [5.41, 5.74) is 1.25. The molecular formula is C20H17BrN2O4. The summed E-state index contributed by atoms with van der Waals surface area (Å²) < 4.78 is 11.8. The van der Waals surface area contributed by atoms with Gasteiger partial charge in [0.15, 0.2) is 5.76 Å². The monoisotopic (exact) mass is 428 g/mol. The molecule has 0 aliphatic rings. The molecule has 27 heavy (non-hydrogen) atoms. The van der Waals surface area contributed by atoms with Gasteiger partial charge in [0.05, 0.1) is 12.8 Å². The molecule has 3 aromatic rings. The quantitative estimate of drug-likeness (QED) is 0.595. The summed E-state index contributed by atoms with van der Waals surface area (Å²) in [6.45, 7) is 0.0168. The van der Waals surface area contributed by atoms with E-state index in [0.717, 1.165) is 4.47 Å². The average Bonchev–Trinajstić information content (AvgIpc) is 3.16. The first-order valence-corrected chi connectivity index (χ1v) is 8.99. The maximum atomic E-state index is 12.3. The van der Waals surface area contributed by atoms with Crippen LogP contribution in [0.4, 0.5) is 5.69 Å². The van der Waals surface area contributed by atoms with Crippen molar-refractivity contribution in [1.29, 1.82) is 0 Å². The molecule has 0 saturated carbocycles. The molecule has 6 nitrogen and oxygen atoms in total. The molecule has 0 saturated heterocycles. The molecule has 3 rings (SSSR count). The first-order valence-electron chi connectivity index (χ1n) is 8.19. The molecule has 1 heterocycles. The lowest BCUT2D eigenvalue weighted by Gasteiger charge is -2.08. The molecule has 0 atom stereocenters. The maximum Gasteiger partial charge on any atom is 0.287 e. The number of ether oxygens (including phenoxy) is 1. The predicted octanol–water partition coefficient (Wildman–Crippen LogP) is 3.99. The van der Waals surface area contributed by atoms with Crippen molar-refractivity contribution in [2.24, 2.45) is 0 Å². The number of anilines is 1. The second-order valence-corrected chi connectivity index (χ2v) is 6.53. The standard InChI is InChI=1S/C20H17BrN2O4/c21-15-6-8-16(9-7-15)23-18(24)12-22-20(25)19-14(10-11-26-19)13-27-17-4-2-1-3-5-17/h1-11H,12-13H2,(H,22,25)(H,23,24). The van der Waals surface area contributed by atoms with Gasteiger partial charge in [-0.25, -0.2) is 0 Å². The van der Waals surface area contributed by atoms with Crippen molar-refractivity contribution in [2.45, 2.75) is 6.61 Å². The summed E-state index contributed by atoms with van der Waals surface area (Å²) in [5.74, 6) is 0.0123. The highest BCUT2D eigenvalue weighted by Gasteiger charge is 2.16. The van der Waals surface area contributed by atoms with Gasteiger partial charge in [0, 0.05) is 15.7 Å². The number of carbonyl (C=O) groups excluding carboxylic acids is 2. The average molecular weight is 429 g/mol. The van der Waals surface area contributed by atoms with Crippen LogP contribution >= 0.6 is 15.9 Å². The van der Waals surface area contributed by atoms with Gasteiger partial charge in [0.2, 0.25) is 5.91 Å². The fraction of sp³-hybridized carbons (Fsp3) is 0.100. The fourth-order valence-corrected chi connectivity index (χ4v) is 2.57. The Morgan fingerprint density at radius 1 is 1.00 bits per heavy atom. The number of carbonyl (C=O) groups is 2. The first kappa shape index (κ1) is 18.7. The molecule has 0 radical (unpaired) electrons. The van der Waals surface area contributed by atoms with Crippen LogP contribution in [0.3, 0.4) is 0 Å². The Labute approximate surface area is 164 Å². The summed E-state index contributed by atoms with van der Waals surface area (Å²) in [5, 5.41) is 5.25. The molecule has 0 spiro atoms. The molecule has 1 aromatic heterocycles. The summed E-state index contributed by atoms with van der Waals surface area (Å²) in [6.07, 6.45) is 1.42. The number of para-hydroxylation sites is 1. The van der Waals surface area contributed by atoms with Crippen molar-refractivity contribution in [3.63, 3.8) is 0 Å². The lowest BCUT2D eigenvalue weighted by atomic mass is 10.2. The molecule has 2 aromatic carbocycles. The van der Waals surface area contributed by atoms with Crippen molar-refractivity contribution in [3.8, 4) is 5.75 Å². The Bertz CT molecular complexity index is 907. The van der Waals surface area contributed by atoms with Crippen LogP contribution in [-0.2, 0) is 11.4 Å². The third-order valence-corrected chi connectivity index (χ3v) is 4.16. The number of hydrogen-bond donors (Lipinski definition) is 2. The van der Waals surface area contributed by atoms with E-state index in [4.69, 9.17) is 9.15 Å². The smallest absolute Gasteiger partial charge is 0.287 e. The third-order valence-electron chi connectivity index (χ3n) is 3.63. The number of halogens is 1. The van der Waals surface area contributed by atoms with E-state index in [2.05, 4.69) is 26.6 Å². The van der Waals surface area contributed by atoms with E-state index in [0.29, 0.717) is 17.0 Å². The van der Waals surface area contributed by atoms with Crippen molar-refractivity contribution in [3.05, 3.63) is 82.7 Å². The van der Waals surface area contributed by atoms with Gasteiger partial charge in [0.1, 0.15) is 12.4 Å². The van der Waals surface area contributed by atoms with Gasteiger partial charge in [0.25, 0.3) is 5.91 Å². The highest BCUT2D eigenvalue weighted by atomic mass is 79.9. The van der Waals surface area contributed by atoms with Gasteiger partial charge in [-0.3, -0.25) is 9.59 Å². The summed E-state index contributed by atoms with van der Waals surface area (Å²) in [6, 6.07) is 18.1. The van der Waals surface area contributed by atoms with Crippen molar-refractivity contribution in [2.75, 3.05) is 11.9 Å². The van der Waals surface area contributed by atoms with Gasteiger partial charge < -0.3 is 19.8 Å². The zero-order valence-corrected chi connectivity index (χ0v) is 15.9. The summed E-state index contributed by atoms with van der Waals surface area (Å²) in [7, 11) is 0. The number of nitrogens with one attached hydrogen (secondary N) is 2. The third kappa shape index (κ3) is 5.46. The Morgan fingerprint density at radius 3 is 2.48 bits per heavy atom. The molecule has 2 N–H and O–H groups in total. The van der Waals surface area contributed by atoms with Crippen LogP contribution in [0.15, 0.2) is 75.8 Å². The van der Waals surface area contributed by atoms with E-state index < -0.39 is 5.91 Å². The number of rotatable bonds is 7. The van der Waals surface area contributed by atoms with E-state index in [1.54, 1.807) is 18.2 Å². The highest BCUT2D eigenvalue weighted by Crippen LogP contribution is 2.16. The summed E-state index contributed by atoms with van der Waals surface area (Å²) >= 11 is 3.33. The summed E-state index contributed by atoms with van der Waals surface area (Å²) in [4.78, 5) is 24.3. The Balaban J connectivity index is 1.51. The van der Waals surface area contributed by atoms with E-state index in [-0.39, 0.29) is 24.8 Å². The second-order valence-electron chi connectivity index (χ2n) is 5.61. The van der Waals surface area contributed by atoms with Gasteiger partial charge >= 0.3 is 0 Å². The molecule has 0 fully saturated rings.